The van der Waals surface area contributed by atoms with Crippen molar-refractivity contribution in [3.05, 3.63) is 35.9 Å². The van der Waals surface area contributed by atoms with E-state index in [-0.39, 0.29) is 0 Å². The Morgan fingerprint density at radius 2 is 2.14 bits per heavy atom. The second-order valence-electron chi connectivity index (χ2n) is 3.80. The molecule has 0 bridgehead atoms. The highest BCUT2D eigenvalue weighted by atomic mass is 15.3. The van der Waals surface area contributed by atoms with Crippen LogP contribution in [0.5, 0.6) is 0 Å². The highest BCUT2D eigenvalue weighted by Gasteiger charge is 2.23. The highest BCUT2D eigenvalue weighted by molar-refractivity contribution is 5.19. The molecule has 2 nitrogen and oxygen atoms in total. The Kier molecular flexibility index (Phi) is 3.17. The van der Waals surface area contributed by atoms with Gasteiger partial charge in [-0.05, 0) is 18.5 Å². The normalized spacial score (nSPS) is 22.8. The lowest BCUT2D eigenvalue weighted by Crippen LogP contribution is -2.28. The molecule has 1 N–H and O–H groups in total. The number of nitrogens with one attached hydrogen (secondary N) is 1. The van der Waals surface area contributed by atoms with E-state index in [9.17, 15) is 0 Å². The van der Waals surface area contributed by atoms with Gasteiger partial charge < -0.3 is 0 Å². The summed E-state index contributed by atoms with van der Waals surface area (Å²) < 4.78 is 0. The molecule has 2 rings (SSSR count). The summed E-state index contributed by atoms with van der Waals surface area (Å²) in [4.78, 5) is 2.51. The minimum absolute atomic E-state index is 0.441. The molecule has 1 atom stereocenters. The van der Waals surface area contributed by atoms with Gasteiger partial charge in [0.05, 0.1) is 6.17 Å². The van der Waals surface area contributed by atoms with Crippen LogP contribution in [0.15, 0.2) is 30.3 Å². The predicted octanol–water partition coefficient (Wildman–Crippen LogP) is 2.00. The number of hydrogen-bond acceptors (Lipinski definition) is 2. The van der Waals surface area contributed by atoms with E-state index in [0.717, 1.165) is 6.54 Å². The van der Waals surface area contributed by atoms with E-state index in [1.54, 1.807) is 0 Å². The van der Waals surface area contributed by atoms with Gasteiger partial charge in [-0.15, -0.1) is 0 Å². The third kappa shape index (κ3) is 1.97. The number of benzene rings is 1. The van der Waals surface area contributed by atoms with Crippen LogP contribution in [0.25, 0.3) is 0 Å². The molecule has 76 valence electrons. The SMILES string of the molecule is CCCN1CCNC1c1ccccc1. The first-order valence-corrected chi connectivity index (χ1v) is 5.44. The molecule has 1 fully saturated rings. The molecular weight excluding hydrogens is 172 g/mol. The summed E-state index contributed by atoms with van der Waals surface area (Å²) in [6.45, 7) is 5.71. The lowest BCUT2D eigenvalue weighted by atomic mass is 10.1. The largest absolute Gasteiger partial charge is 0.297 e. The second kappa shape index (κ2) is 4.58. The molecule has 0 aromatic heterocycles. The van der Waals surface area contributed by atoms with Gasteiger partial charge in [-0.3, -0.25) is 10.2 Å². The van der Waals surface area contributed by atoms with Crippen molar-refractivity contribution < 1.29 is 0 Å². The van der Waals surface area contributed by atoms with Gasteiger partial charge in [0, 0.05) is 13.1 Å². The van der Waals surface area contributed by atoms with Crippen LogP contribution in [0.3, 0.4) is 0 Å². The minimum Gasteiger partial charge on any atom is -0.297 e. The molecule has 0 spiro atoms. The third-order valence-corrected chi connectivity index (χ3v) is 2.73. The van der Waals surface area contributed by atoms with Crippen LogP contribution in [-0.4, -0.2) is 24.5 Å². The van der Waals surface area contributed by atoms with Crippen molar-refractivity contribution in [3.63, 3.8) is 0 Å². The summed E-state index contributed by atoms with van der Waals surface area (Å²) in [6, 6.07) is 10.7. The van der Waals surface area contributed by atoms with Crippen molar-refractivity contribution in [1.82, 2.24) is 10.2 Å². The first kappa shape index (κ1) is 9.69. The molecule has 14 heavy (non-hydrogen) atoms. The highest BCUT2D eigenvalue weighted by Crippen LogP contribution is 2.20. The van der Waals surface area contributed by atoms with Gasteiger partial charge in [-0.2, -0.15) is 0 Å². The van der Waals surface area contributed by atoms with Crippen LogP contribution in [0.4, 0.5) is 0 Å². The maximum absolute atomic E-state index is 3.53. The molecule has 2 heteroatoms. The fourth-order valence-electron chi connectivity index (χ4n) is 2.10. The van der Waals surface area contributed by atoms with E-state index >= 15 is 0 Å². The molecule has 0 radical (unpaired) electrons. The van der Waals surface area contributed by atoms with E-state index in [0.29, 0.717) is 6.17 Å². The second-order valence-corrected chi connectivity index (χ2v) is 3.80. The van der Waals surface area contributed by atoms with Gasteiger partial charge in [0.15, 0.2) is 0 Å². The van der Waals surface area contributed by atoms with Crippen molar-refractivity contribution in [3.8, 4) is 0 Å². The van der Waals surface area contributed by atoms with Gasteiger partial charge in [-0.1, -0.05) is 37.3 Å². The number of hydrogen-bond donors (Lipinski definition) is 1. The fourth-order valence-corrected chi connectivity index (χ4v) is 2.10. The monoisotopic (exact) mass is 190 g/mol. The first-order valence-electron chi connectivity index (χ1n) is 5.44. The Morgan fingerprint density at radius 1 is 1.36 bits per heavy atom. The van der Waals surface area contributed by atoms with Crippen LogP contribution < -0.4 is 5.32 Å². The fraction of sp³-hybridized carbons (Fsp3) is 0.500. The van der Waals surface area contributed by atoms with Gasteiger partial charge >= 0.3 is 0 Å². The van der Waals surface area contributed by atoms with Crippen LogP contribution in [0.1, 0.15) is 25.1 Å². The lowest BCUT2D eigenvalue weighted by Gasteiger charge is -2.23. The molecule has 1 aromatic rings. The first-order chi connectivity index (χ1) is 6.92. The van der Waals surface area contributed by atoms with Crippen molar-refractivity contribution in [2.24, 2.45) is 0 Å². The van der Waals surface area contributed by atoms with Crippen LogP contribution in [-0.2, 0) is 0 Å². The minimum atomic E-state index is 0.441. The molecule has 1 aliphatic heterocycles. The average Bonchev–Trinajstić information content (AvgIpc) is 2.68. The van der Waals surface area contributed by atoms with E-state index in [4.69, 9.17) is 0 Å². The van der Waals surface area contributed by atoms with Gasteiger partial charge in [0.2, 0.25) is 0 Å². The van der Waals surface area contributed by atoms with E-state index in [1.165, 1.54) is 25.1 Å². The molecule has 1 aromatic carbocycles. The van der Waals surface area contributed by atoms with Gasteiger partial charge in [-0.25, -0.2) is 0 Å². The Hall–Kier alpha value is -0.860. The van der Waals surface area contributed by atoms with Gasteiger partial charge in [0.25, 0.3) is 0 Å². The topological polar surface area (TPSA) is 15.3 Å². The molecule has 1 unspecified atom stereocenters. The molecule has 0 saturated carbocycles. The van der Waals surface area contributed by atoms with Crippen LogP contribution >= 0.6 is 0 Å². The van der Waals surface area contributed by atoms with Crippen molar-refractivity contribution in [2.75, 3.05) is 19.6 Å². The third-order valence-electron chi connectivity index (χ3n) is 2.73. The van der Waals surface area contributed by atoms with E-state index in [2.05, 4.69) is 47.5 Å². The summed E-state index contributed by atoms with van der Waals surface area (Å²) >= 11 is 0. The summed E-state index contributed by atoms with van der Waals surface area (Å²) in [5.41, 5.74) is 1.39. The standard InChI is InChI=1S/C12H18N2/c1-2-9-14-10-8-13-12(14)11-6-4-3-5-7-11/h3-7,12-13H,2,8-10H2,1H3. The zero-order chi connectivity index (χ0) is 9.80. The quantitative estimate of drug-likeness (QED) is 0.784. The van der Waals surface area contributed by atoms with Crippen molar-refractivity contribution in [1.29, 1.82) is 0 Å². The van der Waals surface area contributed by atoms with E-state index < -0.39 is 0 Å². The molecule has 1 saturated heterocycles. The Labute approximate surface area is 85.9 Å². The van der Waals surface area contributed by atoms with Crippen LogP contribution in [0.2, 0.25) is 0 Å². The summed E-state index contributed by atoms with van der Waals surface area (Å²) in [5.74, 6) is 0. The molecule has 0 aliphatic carbocycles. The van der Waals surface area contributed by atoms with Crippen LogP contribution in [0, 0.1) is 0 Å². The molecular formula is C12H18N2. The van der Waals surface area contributed by atoms with Crippen molar-refractivity contribution >= 4 is 0 Å². The summed E-state index contributed by atoms with van der Waals surface area (Å²) in [6.07, 6.45) is 1.67. The maximum atomic E-state index is 3.53. The van der Waals surface area contributed by atoms with Crippen molar-refractivity contribution in [2.45, 2.75) is 19.5 Å². The maximum Gasteiger partial charge on any atom is 0.0861 e. The molecule has 1 heterocycles. The smallest absolute Gasteiger partial charge is 0.0861 e. The Morgan fingerprint density at radius 3 is 2.86 bits per heavy atom. The zero-order valence-electron chi connectivity index (χ0n) is 8.74. The Balaban J connectivity index is 2.10. The zero-order valence-corrected chi connectivity index (χ0v) is 8.74. The predicted molar refractivity (Wildman–Crippen MR) is 59.0 cm³/mol. The van der Waals surface area contributed by atoms with E-state index in [1.807, 2.05) is 0 Å². The van der Waals surface area contributed by atoms with Gasteiger partial charge in [0.1, 0.15) is 0 Å². The average molecular weight is 190 g/mol. The Bertz CT molecular complexity index is 271. The lowest BCUT2D eigenvalue weighted by molar-refractivity contribution is 0.245. The number of rotatable bonds is 3. The molecule has 1 aliphatic rings. The summed E-state index contributed by atoms with van der Waals surface area (Å²) in [5, 5.41) is 3.53. The number of nitrogens with zero attached hydrogens (tertiary/aromatic N) is 1. The summed E-state index contributed by atoms with van der Waals surface area (Å²) in [7, 11) is 0. The molecule has 0 amide bonds.